The lowest BCUT2D eigenvalue weighted by atomic mass is 9.87. The van der Waals surface area contributed by atoms with Crippen LogP contribution in [-0.4, -0.2) is 30.9 Å². The SMILES string of the molecule is CN1C(=O)CN2CCc3ccccc3C2c2cc(C(F)(F)F)ccc21. The van der Waals surface area contributed by atoms with Crippen LogP contribution in [0.3, 0.4) is 0 Å². The van der Waals surface area contributed by atoms with Gasteiger partial charge >= 0.3 is 6.18 Å². The molecule has 2 aliphatic heterocycles. The summed E-state index contributed by atoms with van der Waals surface area (Å²) in [5, 5.41) is 0. The zero-order valence-electron chi connectivity index (χ0n) is 13.7. The molecule has 0 saturated carbocycles. The van der Waals surface area contributed by atoms with Gasteiger partial charge in [-0.15, -0.1) is 0 Å². The molecule has 1 atom stereocenters. The highest BCUT2D eigenvalue weighted by Gasteiger charge is 2.38. The zero-order chi connectivity index (χ0) is 17.8. The van der Waals surface area contributed by atoms with Gasteiger partial charge in [-0.1, -0.05) is 24.3 Å². The number of carbonyl (C=O) groups is 1. The molecule has 0 fully saturated rings. The molecule has 1 unspecified atom stereocenters. The van der Waals surface area contributed by atoms with E-state index in [4.69, 9.17) is 0 Å². The topological polar surface area (TPSA) is 23.6 Å². The van der Waals surface area contributed by atoms with Gasteiger partial charge in [-0.2, -0.15) is 13.2 Å². The third-order valence-corrected chi connectivity index (χ3v) is 5.11. The minimum Gasteiger partial charge on any atom is -0.314 e. The fourth-order valence-electron chi connectivity index (χ4n) is 3.82. The maximum absolute atomic E-state index is 13.3. The number of carbonyl (C=O) groups excluding carboxylic acids is 1. The summed E-state index contributed by atoms with van der Waals surface area (Å²) in [6.45, 7) is 0.850. The van der Waals surface area contributed by atoms with E-state index in [1.54, 1.807) is 7.05 Å². The number of benzene rings is 2. The maximum atomic E-state index is 13.3. The van der Waals surface area contributed by atoms with Crippen LogP contribution in [0.5, 0.6) is 0 Å². The first-order valence-electron chi connectivity index (χ1n) is 8.16. The van der Waals surface area contributed by atoms with Crippen molar-refractivity contribution in [2.75, 3.05) is 25.0 Å². The lowest BCUT2D eigenvalue weighted by Gasteiger charge is -2.36. The summed E-state index contributed by atoms with van der Waals surface area (Å²) < 4.78 is 39.8. The summed E-state index contributed by atoms with van der Waals surface area (Å²) >= 11 is 0. The van der Waals surface area contributed by atoms with Crippen LogP contribution in [0.15, 0.2) is 42.5 Å². The normalized spacial score (nSPS) is 20.6. The van der Waals surface area contributed by atoms with Crippen molar-refractivity contribution in [3.8, 4) is 0 Å². The Kier molecular flexibility index (Phi) is 3.61. The molecule has 2 heterocycles. The van der Waals surface area contributed by atoms with E-state index < -0.39 is 11.7 Å². The van der Waals surface area contributed by atoms with Crippen LogP contribution in [0.2, 0.25) is 0 Å². The molecule has 6 heteroatoms. The molecule has 0 N–H and O–H groups in total. The Morgan fingerprint density at radius 1 is 1.08 bits per heavy atom. The molecule has 1 amide bonds. The first-order valence-corrected chi connectivity index (χ1v) is 8.16. The smallest absolute Gasteiger partial charge is 0.314 e. The molecule has 25 heavy (non-hydrogen) atoms. The first kappa shape index (κ1) is 16.1. The van der Waals surface area contributed by atoms with Gasteiger partial charge < -0.3 is 4.90 Å². The van der Waals surface area contributed by atoms with Crippen LogP contribution in [-0.2, 0) is 17.4 Å². The molecule has 4 rings (SSSR count). The van der Waals surface area contributed by atoms with Gasteiger partial charge in [0, 0.05) is 19.3 Å². The summed E-state index contributed by atoms with van der Waals surface area (Å²) in [5.41, 5.74) is 2.51. The first-order chi connectivity index (χ1) is 11.9. The monoisotopic (exact) mass is 346 g/mol. The second-order valence-electron chi connectivity index (χ2n) is 6.55. The zero-order valence-corrected chi connectivity index (χ0v) is 13.7. The van der Waals surface area contributed by atoms with Crippen molar-refractivity contribution in [3.63, 3.8) is 0 Å². The Morgan fingerprint density at radius 3 is 2.60 bits per heavy atom. The van der Waals surface area contributed by atoms with E-state index in [0.29, 0.717) is 17.8 Å². The number of amides is 1. The molecule has 130 valence electrons. The average molecular weight is 346 g/mol. The van der Waals surface area contributed by atoms with Crippen LogP contribution >= 0.6 is 0 Å². The molecule has 3 nitrogen and oxygen atoms in total. The van der Waals surface area contributed by atoms with Crippen LogP contribution in [0.4, 0.5) is 18.9 Å². The van der Waals surface area contributed by atoms with E-state index in [1.165, 1.54) is 17.0 Å². The summed E-state index contributed by atoms with van der Waals surface area (Å²) in [7, 11) is 1.62. The Labute approximate surface area is 143 Å². The van der Waals surface area contributed by atoms with Gasteiger partial charge in [0.05, 0.1) is 18.2 Å². The lowest BCUT2D eigenvalue weighted by Crippen LogP contribution is -2.40. The molecular weight excluding hydrogens is 329 g/mol. The third kappa shape index (κ3) is 2.61. The molecule has 2 aromatic carbocycles. The minimum atomic E-state index is -4.41. The number of hydrogen-bond donors (Lipinski definition) is 0. The van der Waals surface area contributed by atoms with Gasteiger partial charge in [-0.3, -0.25) is 9.69 Å². The lowest BCUT2D eigenvalue weighted by molar-refractivity contribution is -0.137. The van der Waals surface area contributed by atoms with E-state index in [0.717, 1.165) is 23.6 Å². The van der Waals surface area contributed by atoms with Gasteiger partial charge in [0.15, 0.2) is 0 Å². The molecule has 0 aromatic heterocycles. The number of rotatable bonds is 0. The summed E-state index contributed by atoms with van der Waals surface area (Å²) in [4.78, 5) is 15.9. The Morgan fingerprint density at radius 2 is 1.84 bits per heavy atom. The van der Waals surface area contributed by atoms with Gasteiger partial charge in [-0.05, 0) is 41.3 Å². The molecule has 0 radical (unpaired) electrons. The van der Waals surface area contributed by atoms with Crippen molar-refractivity contribution in [3.05, 3.63) is 64.7 Å². The Balaban J connectivity index is 1.96. The second-order valence-corrected chi connectivity index (χ2v) is 6.55. The third-order valence-electron chi connectivity index (χ3n) is 5.11. The predicted octanol–water partition coefficient (Wildman–Crippen LogP) is 3.63. The van der Waals surface area contributed by atoms with E-state index in [2.05, 4.69) is 0 Å². The van der Waals surface area contributed by atoms with Crippen LogP contribution in [0, 0.1) is 0 Å². The standard InChI is InChI=1S/C19H17F3N2O/c1-23-16-7-6-13(19(20,21)22)10-15(16)18-14-5-3-2-4-12(14)8-9-24(18)11-17(23)25/h2-7,10,18H,8-9,11H2,1H3. The Hall–Kier alpha value is -2.34. The molecule has 0 bridgehead atoms. The van der Waals surface area contributed by atoms with Crippen molar-refractivity contribution in [1.29, 1.82) is 0 Å². The summed E-state index contributed by atoms with van der Waals surface area (Å²) in [6.07, 6.45) is -3.62. The van der Waals surface area contributed by atoms with Gasteiger partial charge in [0.2, 0.25) is 5.91 Å². The van der Waals surface area contributed by atoms with E-state index in [-0.39, 0.29) is 18.5 Å². The average Bonchev–Trinajstić information content (AvgIpc) is 2.69. The van der Waals surface area contributed by atoms with Gasteiger partial charge in [-0.25, -0.2) is 0 Å². The van der Waals surface area contributed by atoms with Crippen LogP contribution in [0.1, 0.15) is 28.3 Å². The van der Waals surface area contributed by atoms with Crippen molar-refractivity contribution in [1.82, 2.24) is 4.90 Å². The number of hydrogen-bond acceptors (Lipinski definition) is 2. The summed E-state index contributed by atoms with van der Waals surface area (Å²) in [5.74, 6) is -0.108. The number of alkyl halides is 3. The fourth-order valence-corrected chi connectivity index (χ4v) is 3.82. The van der Waals surface area contributed by atoms with Crippen LogP contribution in [0.25, 0.3) is 0 Å². The van der Waals surface area contributed by atoms with Crippen molar-refractivity contribution in [2.45, 2.75) is 18.6 Å². The molecule has 0 aliphatic carbocycles. The number of likely N-dealkylation sites (N-methyl/N-ethyl adjacent to an activating group) is 1. The molecule has 0 spiro atoms. The highest BCUT2D eigenvalue weighted by molar-refractivity contribution is 5.96. The van der Waals surface area contributed by atoms with Gasteiger partial charge in [0.1, 0.15) is 0 Å². The molecular formula is C19H17F3N2O. The molecule has 0 saturated heterocycles. The second kappa shape index (κ2) is 5.59. The molecule has 2 aromatic rings. The fraction of sp³-hybridized carbons (Fsp3) is 0.316. The maximum Gasteiger partial charge on any atom is 0.416 e. The molecule has 2 aliphatic rings. The quantitative estimate of drug-likeness (QED) is 0.727. The predicted molar refractivity (Wildman–Crippen MR) is 88.4 cm³/mol. The van der Waals surface area contributed by atoms with Crippen molar-refractivity contribution < 1.29 is 18.0 Å². The highest BCUT2D eigenvalue weighted by Crippen LogP contribution is 2.43. The largest absolute Gasteiger partial charge is 0.416 e. The van der Waals surface area contributed by atoms with E-state index in [9.17, 15) is 18.0 Å². The number of halogens is 3. The highest BCUT2D eigenvalue weighted by atomic mass is 19.4. The van der Waals surface area contributed by atoms with Gasteiger partial charge in [0.25, 0.3) is 0 Å². The number of nitrogens with zero attached hydrogens (tertiary/aromatic N) is 2. The number of fused-ring (bicyclic) bond motifs is 5. The summed E-state index contributed by atoms with van der Waals surface area (Å²) in [6, 6.07) is 11.1. The van der Waals surface area contributed by atoms with Crippen molar-refractivity contribution >= 4 is 11.6 Å². The van der Waals surface area contributed by atoms with Crippen molar-refractivity contribution in [2.24, 2.45) is 0 Å². The van der Waals surface area contributed by atoms with E-state index >= 15 is 0 Å². The van der Waals surface area contributed by atoms with E-state index in [1.807, 2.05) is 29.2 Å². The Bertz CT molecular complexity index is 847. The number of anilines is 1. The minimum absolute atomic E-state index is 0.108. The van der Waals surface area contributed by atoms with Crippen LogP contribution < -0.4 is 4.90 Å².